The molecule has 1 heterocycles. The van der Waals surface area contributed by atoms with Crippen LogP contribution in [0.1, 0.15) is 0 Å². The molecule has 0 aliphatic rings. The Hall–Kier alpha value is -1.31. The summed E-state index contributed by atoms with van der Waals surface area (Å²) in [6.45, 7) is 0.735. The summed E-state index contributed by atoms with van der Waals surface area (Å²) in [6, 6.07) is 2.81. The molecule has 19 heavy (non-hydrogen) atoms. The first-order chi connectivity index (χ1) is 9.13. The van der Waals surface area contributed by atoms with E-state index in [4.69, 9.17) is 9.84 Å². The zero-order valence-corrected chi connectivity index (χ0v) is 11.6. The van der Waals surface area contributed by atoms with Crippen LogP contribution in [0.15, 0.2) is 27.7 Å². The number of hydrogen-bond acceptors (Lipinski definition) is 4. The van der Waals surface area contributed by atoms with Crippen molar-refractivity contribution in [3.05, 3.63) is 39.1 Å². The molecule has 0 saturated heterocycles. The molecule has 0 spiro atoms. The van der Waals surface area contributed by atoms with Crippen LogP contribution < -0.4 is 5.56 Å². The molecule has 1 N–H and O–H groups in total. The molecule has 2 aromatic rings. The van der Waals surface area contributed by atoms with E-state index in [1.807, 2.05) is 0 Å². The quantitative estimate of drug-likeness (QED) is 0.839. The maximum absolute atomic E-state index is 13.6. The fraction of sp³-hybridized carbons (Fsp3) is 0.333. The van der Waals surface area contributed by atoms with E-state index in [0.29, 0.717) is 11.0 Å². The van der Waals surface area contributed by atoms with Crippen LogP contribution in [0.3, 0.4) is 0 Å². The lowest BCUT2D eigenvalue weighted by Crippen LogP contribution is -2.23. The second-order valence-corrected chi connectivity index (χ2v) is 4.78. The number of halogens is 2. The Kier molecular flexibility index (Phi) is 4.62. The second-order valence-electron chi connectivity index (χ2n) is 3.86. The molecule has 0 fully saturated rings. The van der Waals surface area contributed by atoms with E-state index in [0.717, 1.165) is 0 Å². The number of fused-ring (bicyclic) bond motifs is 1. The van der Waals surface area contributed by atoms with Gasteiger partial charge >= 0.3 is 0 Å². The van der Waals surface area contributed by atoms with E-state index in [1.165, 1.54) is 17.0 Å². The van der Waals surface area contributed by atoms with Gasteiger partial charge in [0, 0.05) is 4.47 Å². The van der Waals surface area contributed by atoms with E-state index in [1.54, 1.807) is 6.07 Å². The third-order valence-electron chi connectivity index (χ3n) is 2.56. The van der Waals surface area contributed by atoms with E-state index in [2.05, 4.69) is 20.9 Å². The Balaban J connectivity index is 2.32. The summed E-state index contributed by atoms with van der Waals surface area (Å²) in [4.78, 5) is 16.1. The fourth-order valence-corrected chi connectivity index (χ4v) is 2.11. The summed E-state index contributed by atoms with van der Waals surface area (Å²) in [5, 5.41) is 8.79. The smallest absolute Gasteiger partial charge is 0.261 e. The van der Waals surface area contributed by atoms with Crippen LogP contribution in [0.5, 0.6) is 0 Å². The number of aliphatic hydroxyl groups excluding tert-OH is 1. The van der Waals surface area contributed by atoms with Crippen LogP contribution in [0, 0.1) is 5.82 Å². The Morgan fingerprint density at radius 1 is 1.42 bits per heavy atom. The number of aromatic nitrogens is 2. The first-order valence-electron chi connectivity index (χ1n) is 5.66. The number of benzene rings is 1. The maximum Gasteiger partial charge on any atom is 0.261 e. The monoisotopic (exact) mass is 330 g/mol. The predicted molar refractivity (Wildman–Crippen MR) is 71.6 cm³/mol. The topological polar surface area (TPSA) is 64.4 Å². The van der Waals surface area contributed by atoms with Crippen LogP contribution in [-0.2, 0) is 11.3 Å². The lowest BCUT2D eigenvalue weighted by atomic mass is 10.2. The average molecular weight is 331 g/mol. The lowest BCUT2D eigenvalue weighted by molar-refractivity contribution is 0.0865. The van der Waals surface area contributed by atoms with Gasteiger partial charge < -0.3 is 9.84 Å². The molecule has 0 amide bonds. The summed E-state index contributed by atoms with van der Waals surface area (Å²) >= 11 is 3.15. The molecule has 1 aromatic heterocycles. The highest BCUT2D eigenvalue weighted by Crippen LogP contribution is 2.18. The van der Waals surface area contributed by atoms with Gasteiger partial charge in [0.2, 0.25) is 0 Å². The highest BCUT2D eigenvalue weighted by Gasteiger charge is 2.09. The van der Waals surface area contributed by atoms with Crippen molar-refractivity contribution >= 4 is 26.8 Å². The minimum atomic E-state index is -0.537. The first kappa shape index (κ1) is 14.1. The zero-order valence-electron chi connectivity index (χ0n) is 9.97. The summed E-state index contributed by atoms with van der Waals surface area (Å²) in [7, 11) is 0. The summed E-state index contributed by atoms with van der Waals surface area (Å²) < 4.78 is 20.5. The fourth-order valence-electron chi connectivity index (χ4n) is 1.68. The van der Waals surface area contributed by atoms with Crippen molar-refractivity contribution in [1.82, 2.24) is 9.55 Å². The van der Waals surface area contributed by atoms with E-state index < -0.39 is 5.82 Å². The van der Waals surface area contributed by atoms with Gasteiger partial charge in [-0.3, -0.25) is 9.36 Å². The largest absolute Gasteiger partial charge is 0.394 e. The van der Waals surface area contributed by atoms with Crippen LogP contribution in [-0.4, -0.2) is 34.5 Å². The van der Waals surface area contributed by atoms with Crippen LogP contribution in [0.2, 0.25) is 0 Å². The highest BCUT2D eigenvalue weighted by molar-refractivity contribution is 9.10. The minimum Gasteiger partial charge on any atom is -0.394 e. The Morgan fingerprint density at radius 3 is 2.95 bits per heavy atom. The average Bonchev–Trinajstić information content (AvgIpc) is 2.37. The molecule has 102 valence electrons. The lowest BCUT2D eigenvalue weighted by Gasteiger charge is -2.07. The molecule has 0 unspecified atom stereocenters. The third-order valence-corrected chi connectivity index (χ3v) is 3.02. The van der Waals surface area contributed by atoms with Gasteiger partial charge in [-0.25, -0.2) is 9.37 Å². The van der Waals surface area contributed by atoms with Crippen molar-refractivity contribution in [3.8, 4) is 0 Å². The van der Waals surface area contributed by atoms with Gasteiger partial charge in [0.25, 0.3) is 5.56 Å². The van der Waals surface area contributed by atoms with Crippen molar-refractivity contribution in [1.29, 1.82) is 0 Å². The standard InChI is InChI=1S/C12H12BrFN2O3/c13-8-5-9-11(10(14)6-8)15-7-16(12(9)18)1-3-19-4-2-17/h5-7,17H,1-4H2. The summed E-state index contributed by atoms with van der Waals surface area (Å²) in [5.74, 6) is -0.537. The Labute approximate surface area is 116 Å². The van der Waals surface area contributed by atoms with Gasteiger partial charge in [0.15, 0.2) is 5.82 Å². The van der Waals surface area contributed by atoms with Crippen molar-refractivity contribution < 1.29 is 14.2 Å². The van der Waals surface area contributed by atoms with Crippen molar-refractivity contribution in [2.45, 2.75) is 6.54 Å². The van der Waals surface area contributed by atoms with Crippen LogP contribution in [0.4, 0.5) is 4.39 Å². The van der Waals surface area contributed by atoms with Gasteiger partial charge in [-0.2, -0.15) is 0 Å². The molecule has 0 saturated carbocycles. The number of rotatable bonds is 5. The normalized spacial score (nSPS) is 11.1. The number of ether oxygens (including phenoxy) is 1. The molecular formula is C12H12BrFN2O3. The van der Waals surface area contributed by atoms with Gasteiger partial charge in [-0.15, -0.1) is 0 Å². The number of nitrogens with zero attached hydrogens (tertiary/aromatic N) is 2. The molecule has 7 heteroatoms. The van der Waals surface area contributed by atoms with Gasteiger partial charge in [0.1, 0.15) is 5.52 Å². The van der Waals surface area contributed by atoms with Crippen LogP contribution >= 0.6 is 15.9 Å². The Morgan fingerprint density at radius 2 is 2.21 bits per heavy atom. The Bertz CT molecular complexity index is 645. The van der Waals surface area contributed by atoms with Crippen molar-refractivity contribution in [3.63, 3.8) is 0 Å². The summed E-state index contributed by atoms with van der Waals surface area (Å²) in [6.07, 6.45) is 1.30. The van der Waals surface area contributed by atoms with E-state index >= 15 is 0 Å². The molecule has 0 atom stereocenters. The molecular weight excluding hydrogens is 319 g/mol. The SMILES string of the molecule is O=c1c2cc(Br)cc(F)c2ncn1CCOCCO. The van der Waals surface area contributed by atoms with Gasteiger partial charge in [0.05, 0.1) is 38.1 Å². The van der Waals surface area contributed by atoms with Crippen LogP contribution in [0.25, 0.3) is 10.9 Å². The number of aliphatic hydroxyl groups is 1. The van der Waals surface area contributed by atoms with E-state index in [-0.39, 0.29) is 36.3 Å². The molecule has 5 nitrogen and oxygen atoms in total. The molecule has 0 radical (unpaired) electrons. The van der Waals surface area contributed by atoms with Gasteiger partial charge in [-0.05, 0) is 12.1 Å². The third kappa shape index (κ3) is 3.17. The molecule has 0 aliphatic carbocycles. The van der Waals surface area contributed by atoms with Crippen molar-refractivity contribution in [2.24, 2.45) is 0 Å². The van der Waals surface area contributed by atoms with E-state index in [9.17, 15) is 9.18 Å². The molecule has 0 aliphatic heterocycles. The van der Waals surface area contributed by atoms with Crippen molar-refractivity contribution in [2.75, 3.05) is 19.8 Å². The highest BCUT2D eigenvalue weighted by atomic mass is 79.9. The molecule has 1 aromatic carbocycles. The molecule has 2 rings (SSSR count). The number of hydrogen-bond donors (Lipinski definition) is 1. The minimum absolute atomic E-state index is 0.0562. The van der Waals surface area contributed by atoms with Gasteiger partial charge in [-0.1, -0.05) is 15.9 Å². The first-order valence-corrected chi connectivity index (χ1v) is 6.45. The second kappa shape index (κ2) is 6.23. The maximum atomic E-state index is 13.6. The zero-order chi connectivity index (χ0) is 13.8. The molecule has 0 bridgehead atoms. The predicted octanol–water partition coefficient (Wildman–Crippen LogP) is 1.31. The summed E-state index contributed by atoms with van der Waals surface area (Å²) in [5.41, 5.74) is -0.265.